The summed E-state index contributed by atoms with van der Waals surface area (Å²) < 4.78 is 0. The third-order valence-corrected chi connectivity index (χ3v) is 7.46. The third kappa shape index (κ3) is 4.05. The van der Waals surface area contributed by atoms with Gasteiger partial charge in [0.1, 0.15) is 5.01 Å². The predicted octanol–water partition coefficient (Wildman–Crippen LogP) is 6.86. The van der Waals surface area contributed by atoms with Gasteiger partial charge in [0.2, 0.25) is 5.78 Å². The van der Waals surface area contributed by atoms with E-state index in [1.54, 1.807) is 19.1 Å². The van der Waals surface area contributed by atoms with Crippen molar-refractivity contribution < 1.29 is 14.7 Å². The van der Waals surface area contributed by atoms with Crippen molar-refractivity contribution in [2.75, 3.05) is 4.90 Å². The SMILES string of the molecule is Cc1ccc(Cl)cc1N1C(=O)C(O)=C(C(=O)c2sc(-c3ccccc3)nc2C)C1c1ccccc1. The van der Waals surface area contributed by atoms with Crippen molar-refractivity contribution in [3.63, 3.8) is 0 Å². The number of anilines is 1. The van der Waals surface area contributed by atoms with Gasteiger partial charge in [0.05, 0.1) is 22.2 Å². The number of benzene rings is 3. The Hall–Kier alpha value is -3.74. The maximum Gasteiger partial charge on any atom is 0.294 e. The lowest BCUT2D eigenvalue weighted by Gasteiger charge is -2.28. The number of ketones is 1. The summed E-state index contributed by atoms with van der Waals surface area (Å²) in [5, 5.41) is 12.2. The fourth-order valence-electron chi connectivity index (χ4n) is 4.31. The van der Waals surface area contributed by atoms with Crippen LogP contribution in [0.3, 0.4) is 0 Å². The maximum atomic E-state index is 13.9. The molecule has 7 heteroatoms. The smallest absolute Gasteiger partial charge is 0.294 e. The first-order valence-electron chi connectivity index (χ1n) is 11.0. The van der Waals surface area contributed by atoms with Crippen LogP contribution in [0.25, 0.3) is 10.6 Å². The van der Waals surface area contributed by atoms with Gasteiger partial charge in [-0.2, -0.15) is 0 Å². The minimum atomic E-state index is -0.810. The van der Waals surface area contributed by atoms with Gasteiger partial charge >= 0.3 is 0 Å². The molecule has 5 rings (SSSR count). The molecule has 35 heavy (non-hydrogen) atoms. The molecule has 5 nitrogen and oxygen atoms in total. The highest BCUT2D eigenvalue weighted by Crippen LogP contribution is 2.44. The number of halogens is 1. The van der Waals surface area contributed by atoms with Crippen molar-refractivity contribution >= 4 is 40.3 Å². The molecule has 0 fully saturated rings. The summed E-state index contributed by atoms with van der Waals surface area (Å²) in [4.78, 5) is 33.8. The topological polar surface area (TPSA) is 70.5 Å². The van der Waals surface area contributed by atoms with E-state index in [1.165, 1.54) is 16.2 Å². The molecule has 0 aliphatic carbocycles. The molecule has 1 unspecified atom stereocenters. The molecule has 0 saturated carbocycles. The molecule has 1 aliphatic rings. The molecule has 174 valence electrons. The van der Waals surface area contributed by atoms with Crippen LogP contribution in [-0.2, 0) is 4.79 Å². The summed E-state index contributed by atoms with van der Waals surface area (Å²) >= 11 is 7.52. The van der Waals surface area contributed by atoms with Crippen LogP contribution in [0.15, 0.2) is 90.2 Å². The van der Waals surface area contributed by atoms with E-state index in [2.05, 4.69) is 4.98 Å². The zero-order valence-corrected chi connectivity index (χ0v) is 20.6. The van der Waals surface area contributed by atoms with Crippen molar-refractivity contribution in [1.82, 2.24) is 4.98 Å². The van der Waals surface area contributed by atoms with Crippen LogP contribution in [-0.4, -0.2) is 21.8 Å². The van der Waals surface area contributed by atoms with Crippen LogP contribution in [0.4, 0.5) is 5.69 Å². The first-order valence-corrected chi connectivity index (χ1v) is 12.2. The number of aliphatic hydroxyl groups excluding tert-OH is 1. The number of Topliss-reactive ketones (excluding diaryl/α,β-unsaturated/α-hetero) is 1. The summed E-state index contributed by atoms with van der Waals surface area (Å²) in [6.07, 6.45) is 0. The van der Waals surface area contributed by atoms with E-state index in [0.29, 0.717) is 31.9 Å². The van der Waals surface area contributed by atoms with Gasteiger partial charge in [-0.3, -0.25) is 14.5 Å². The van der Waals surface area contributed by atoms with Crippen LogP contribution in [0.2, 0.25) is 5.02 Å². The molecule has 0 saturated heterocycles. The monoisotopic (exact) mass is 500 g/mol. The number of hydrogen-bond donors (Lipinski definition) is 1. The second-order valence-corrected chi connectivity index (χ2v) is 9.75. The van der Waals surface area contributed by atoms with Gasteiger partial charge in [-0.1, -0.05) is 78.3 Å². The zero-order chi connectivity index (χ0) is 24.7. The molecule has 0 radical (unpaired) electrons. The number of carbonyl (C=O) groups excluding carboxylic acids is 2. The van der Waals surface area contributed by atoms with Crippen molar-refractivity contribution in [2.24, 2.45) is 0 Å². The van der Waals surface area contributed by atoms with Gasteiger partial charge < -0.3 is 5.11 Å². The number of nitrogens with zero attached hydrogens (tertiary/aromatic N) is 2. The normalized spacial score (nSPS) is 15.7. The first-order chi connectivity index (χ1) is 16.9. The summed E-state index contributed by atoms with van der Waals surface area (Å²) in [5.41, 5.74) is 3.53. The first kappa shape index (κ1) is 23.0. The van der Waals surface area contributed by atoms with E-state index < -0.39 is 23.5 Å². The van der Waals surface area contributed by atoms with Gasteiger partial charge in [-0.15, -0.1) is 11.3 Å². The maximum absolute atomic E-state index is 13.9. The number of rotatable bonds is 5. The highest BCUT2D eigenvalue weighted by atomic mass is 35.5. The van der Waals surface area contributed by atoms with Crippen molar-refractivity contribution in [2.45, 2.75) is 19.9 Å². The average molecular weight is 501 g/mol. The highest BCUT2D eigenvalue weighted by molar-refractivity contribution is 7.17. The van der Waals surface area contributed by atoms with E-state index in [4.69, 9.17) is 11.6 Å². The Morgan fingerprint density at radius 1 is 1.00 bits per heavy atom. The highest BCUT2D eigenvalue weighted by Gasteiger charge is 2.45. The van der Waals surface area contributed by atoms with E-state index in [-0.39, 0.29) is 5.57 Å². The standard InChI is InChI=1S/C28H21ClN2O3S/c1-16-13-14-20(29)15-21(16)31-23(18-9-5-3-6-10-18)22(25(33)28(31)34)24(32)26-17(2)30-27(35-26)19-11-7-4-8-12-19/h3-15,23,33H,1-2H3. The van der Waals surface area contributed by atoms with Gasteiger partial charge in [-0.25, -0.2) is 4.98 Å². The molecule has 1 aliphatic heterocycles. The van der Waals surface area contributed by atoms with Gasteiger partial charge in [-0.05, 0) is 37.1 Å². The molecule has 1 N–H and O–H groups in total. The van der Waals surface area contributed by atoms with Crippen LogP contribution < -0.4 is 4.90 Å². The molecule has 0 bridgehead atoms. The second kappa shape index (κ2) is 9.13. The van der Waals surface area contributed by atoms with Gasteiger partial charge in [0, 0.05) is 16.3 Å². The fraction of sp³-hybridized carbons (Fsp3) is 0.107. The molecule has 3 aromatic carbocycles. The second-order valence-electron chi connectivity index (χ2n) is 8.31. The molecule has 2 heterocycles. The zero-order valence-electron chi connectivity index (χ0n) is 19.0. The van der Waals surface area contributed by atoms with Gasteiger partial charge in [0.25, 0.3) is 5.91 Å². The van der Waals surface area contributed by atoms with E-state index in [9.17, 15) is 14.7 Å². The minimum absolute atomic E-state index is 0.0342. The molecule has 1 aromatic heterocycles. The number of aryl methyl sites for hydroxylation is 2. The Labute approximate surface area is 212 Å². The van der Waals surface area contributed by atoms with Crippen molar-refractivity contribution in [3.8, 4) is 10.6 Å². The summed E-state index contributed by atoms with van der Waals surface area (Å²) in [6.45, 7) is 3.62. The van der Waals surface area contributed by atoms with E-state index in [0.717, 1.165) is 11.1 Å². The van der Waals surface area contributed by atoms with Crippen LogP contribution in [0.5, 0.6) is 0 Å². The number of amides is 1. The Morgan fingerprint density at radius 2 is 1.66 bits per heavy atom. The fourth-order valence-corrected chi connectivity index (χ4v) is 5.50. The third-order valence-electron chi connectivity index (χ3n) is 6.02. The Balaban J connectivity index is 1.65. The van der Waals surface area contributed by atoms with Crippen LogP contribution >= 0.6 is 22.9 Å². The summed E-state index contributed by atoms with van der Waals surface area (Å²) in [6, 6.07) is 23.2. The van der Waals surface area contributed by atoms with Crippen molar-refractivity contribution in [1.29, 1.82) is 0 Å². The summed E-state index contributed by atoms with van der Waals surface area (Å²) in [5.74, 6) is -1.61. The number of aromatic nitrogens is 1. The number of thiazole rings is 1. The van der Waals surface area contributed by atoms with Gasteiger partial charge in [0.15, 0.2) is 5.76 Å². The number of hydrogen-bond acceptors (Lipinski definition) is 5. The molecule has 0 spiro atoms. The Morgan fingerprint density at radius 3 is 2.34 bits per heavy atom. The minimum Gasteiger partial charge on any atom is -0.503 e. The van der Waals surface area contributed by atoms with E-state index in [1.807, 2.05) is 73.7 Å². The lowest BCUT2D eigenvalue weighted by Crippen LogP contribution is -2.31. The number of aliphatic hydroxyl groups is 1. The lowest BCUT2D eigenvalue weighted by molar-refractivity contribution is -0.117. The average Bonchev–Trinajstić information content (AvgIpc) is 3.39. The predicted molar refractivity (Wildman–Crippen MR) is 139 cm³/mol. The Kier molecular flexibility index (Phi) is 6.01. The molecule has 4 aromatic rings. The molecule has 1 atom stereocenters. The Bertz CT molecular complexity index is 1480. The lowest BCUT2D eigenvalue weighted by atomic mass is 9.94. The van der Waals surface area contributed by atoms with Crippen molar-refractivity contribution in [3.05, 3.63) is 117 Å². The molecule has 1 amide bonds. The quantitative estimate of drug-likeness (QED) is 0.304. The van der Waals surface area contributed by atoms with Crippen LogP contribution in [0, 0.1) is 13.8 Å². The van der Waals surface area contributed by atoms with E-state index >= 15 is 0 Å². The largest absolute Gasteiger partial charge is 0.503 e. The molecular weight excluding hydrogens is 480 g/mol. The molecular formula is C28H21ClN2O3S. The summed E-state index contributed by atoms with van der Waals surface area (Å²) in [7, 11) is 0. The van der Waals surface area contributed by atoms with Crippen LogP contribution in [0.1, 0.15) is 32.5 Å². The number of carbonyl (C=O) groups is 2.